The lowest BCUT2D eigenvalue weighted by Crippen LogP contribution is -2.35. The van der Waals surface area contributed by atoms with Gasteiger partial charge in [0.15, 0.2) is 0 Å². The molecule has 1 heterocycles. The number of nitrogens with zero attached hydrogens (tertiary/aromatic N) is 2. The summed E-state index contributed by atoms with van der Waals surface area (Å²) >= 11 is 5.61. The van der Waals surface area contributed by atoms with Crippen molar-refractivity contribution in [2.45, 2.75) is 32.9 Å². The van der Waals surface area contributed by atoms with E-state index in [1.54, 1.807) is 12.4 Å². The van der Waals surface area contributed by atoms with Crippen molar-refractivity contribution in [2.24, 2.45) is 0 Å². The van der Waals surface area contributed by atoms with E-state index in [1.807, 2.05) is 0 Å². The Balaban J connectivity index is 2.51. The molecule has 0 unspecified atom stereocenters. The number of aromatic nitrogens is 2. The van der Waals surface area contributed by atoms with E-state index in [0.717, 1.165) is 5.69 Å². The Bertz CT molecular complexity index is 263. The van der Waals surface area contributed by atoms with Gasteiger partial charge in [-0.2, -0.15) is 0 Å². The monoisotopic (exact) mass is 199 g/mol. The molecule has 13 heavy (non-hydrogen) atoms. The van der Waals surface area contributed by atoms with E-state index in [2.05, 4.69) is 36.1 Å². The van der Waals surface area contributed by atoms with Gasteiger partial charge in [-0.1, -0.05) is 11.6 Å². The lowest BCUT2D eigenvalue weighted by atomic mass is 10.1. The van der Waals surface area contributed by atoms with Gasteiger partial charge in [-0.25, -0.2) is 4.98 Å². The SMILES string of the molecule is CC(C)(C)NCc1cnc(Cl)cn1. The number of hydrogen-bond acceptors (Lipinski definition) is 3. The number of rotatable bonds is 2. The predicted molar refractivity (Wildman–Crippen MR) is 53.6 cm³/mol. The van der Waals surface area contributed by atoms with Crippen molar-refractivity contribution in [3.8, 4) is 0 Å². The van der Waals surface area contributed by atoms with Crippen LogP contribution in [0.2, 0.25) is 5.15 Å². The maximum atomic E-state index is 5.61. The molecule has 0 bridgehead atoms. The van der Waals surface area contributed by atoms with Crippen LogP contribution in [0.1, 0.15) is 26.5 Å². The fourth-order valence-electron chi connectivity index (χ4n) is 0.786. The minimum atomic E-state index is 0.0985. The highest BCUT2D eigenvalue weighted by atomic mass is 35.5. The van der Waals surface area contributed by atoms with Gasteiger partial charge >= 0.3 is 0 Å². The summed E-state index contributed by atoms with van der Waals surface area (Å²) in [6.07, 6.45) is 3.24. The van der Waals surface area contributed by atoms with Crippen LogP contribution in [0.25, 0.3) is 0 Å². The molecule has 1 rings (SSSR count). The zero-order valence-electron chi connectivity index (χ0n) is 8.13. The van der Waals surface area contributed by atoms with Gasteiger partial charge in [0, 0.05) is 12.1 Å². The minimum Gasteiger partial charge on any atom is -0.306 e. The Kier molecular flexibility index (Phi) is 3.22. The third-order valence-electron chi connectivity index (χ3n) is 1.47. The molecule has 0 fully saturated rings. The normalized spacial score (nSPS) is 11.7. The summed E-state index contributed by atoms with van der Waals surface area (Å²) in [6, 6.07) is 0. The zero-order valence-corrected chi connectivity index (χ0v) is 8.89. The van der Waals surface area contributed by atoms with Gasteiger partial charge in [-0.3, -0.25) is 4.98 Å². The predicted octanol–water partition coefficient (Wildman–Crippen LogP) is 2.02. The van der Waals surface area contributed by atoms with Crippen LogP contribution in [0.4, 0.5) is 0 Å². The fourth-order valence-corrected chi connectivity index (χ4v) is 0.884. The molecule has 0 spiro atoms. The van der Waals surface area contributed by atoms with E-state index in [9.17, 15) is 0 Å². The summed E-state index contributed by atoms with van der Waals surface area (Å²) in [5, 5.41) is 3.74. The number of nitrogens with one attached hydrogen (secondary N) is 1. The molecule has 0 saturated heterocycles. The minimum absolute atomic E-state index is 0.0985. The maximum absolute atomic E-state index is 5.61. The average molecular weight is 200 g/mol. The molecule has 1 aromatic heterocycles. The standard InChI is InChI=1S/C9H14ClN3/c1-9(2,3)13-5-7-4-12-8(10)6-11-7/h4,6,13H,5H2,1-3H3. The first kappa shape index (κ1) is 10.4. The zero-order chi connectivity index (χ0) is 9.90. The van der Waals surface area contributed by atoms with Gasteiger partial charge in [0.2, 0.25) is 0 Å². The molecule has 1 N–H and O–H groups in total. The van der Waals surface area contributed by atoms with Gasteiger partial charge in [-0.15, -0.1) is 0 Å². The molecular weight excluding hydrogens is 186 g/mol. The molecule has 0 aliphatic carbocycles. The molecule has 3 nitrogen and oxygen atoms in total. The van der Waals surface area contributed by atoms with E-state index in [1.165, 1.54) is 0 Å². The van der Waals surface area contributed by atoms with E-state index >= 15 is 0 Å². The van der Waals surface area contributed by atoms with Crippen LogP contribution in [0.15, 0.2) is 12.4 Å². The second-order valence-corrected chi connectivity index (χ2v) is 4.32. The molecule has 1 aromatic rings. The van der Waals surface area contributed by atoms with Crippen molar-refractivity contribution in [2.75, 3.05) is 0 Å². The average Bonchev–Trinajstić information content (AvgIpc) is 2.02. The van der Waals surface area contributed by atoms with E-state index < -0.39 is 0 Å². The van der Waals surface area contributed by atoms with Crippen molar-refractivity contribution in [3.63, 3.8) is 0 Å². The van der Waals surface area contributed by atoms with Gasteiger partial charge in [0.25, 0.3) is 0 Å². The number of halogens is 1. The topological polar surface area (TPSA) is 37.8 Å². The first-order valence-corrected chi connectivity index (χ1v) is 4.57. The lowest BCUT2D eigenvalue weighted by molar-refractivity contribution is 0.421. The fraction of sp³-hybridized carbons (Fsp3) is 0.556. The van der Waals surface area contributed by atoms with Crippen LogP contribution in [-0.2, 0) is 6.54 Å². The van der Waals surface area contributed by atoms with Gasteiger partial charge in [-0.05, 0) is 20.8 Å². The van der Waals surface area contributed by atoms with Gasteiger partial charge in [0.05, 0.1) is 18.1 Å². The Hall–Kier alpha value is -0.670. The third-order valence-corrected chi connectivity index (χ3v) is 1.67. The summed E-state index contributed by atoms with van der Waals surface area (Å²) in [7, 11) is 0. The summed E-state index contributed by atoms with van der Waals surface area (Å²) in [5.74, 6) is 0. The van der Waals surface area contributed by atoms with Crippen molar-refractivity contribution in [3.05, 3.63) is 23.2 Å². The third kappa shape index (κ3) is 4.20. The molecule has 0 aliphatic heterocycles. The maximum Gasteiger partial charge on any atom is 0.147 e. The van der Waals surface area contributed by atoms with Crippen LogP contribution >= 0.6 is 11.6 Å². The van der Waals surface area contributed by atoms with Crippen molar-refractivity contribution < 1.29 is 0 Å². The second kappa shape index (κ2) is 4.03. The highest BCUT2D eigenvalue weighted by molar-refractivity contribution is 6.29. The van der Waals surface area contributed by atoms with Crippen LogP contribution in [-0.4, -0.2) is 15.5 Å². The van der Waals surface area contributed by atoms with E-state index in [0.29, 0.717) is 11.7 Å². The molecule has 0 amide bonds. The summed E-state index contributed by atoms with van der Waals surface area (Å²) in [5.41, 5.74) is 1.00. The van der Waals surface area contributed by atoms with E-state index in [-0.39, 0.29) is 5.54 Å². The summed E-state index contributed by atoms with van der Waals surface area (Å²) in [4.78, 5) is 8.07. The molecule has 0 aliphatic rings. The first-order chi connectivity index (χ1) is 5.97. The Labute approximate surface area is 83.5 Å². The molecular formula is C9H14ClN3. The van der Waals surface area contributed by atoms with Crippen LogP contribution in [0.5, 0.6) is 0 Å². The Morgan fingerprint density at radius 3 is 2.46 bits per heavy atom. The number of hydrogen-bond donors (Lipinski definition) is 1. The molecule has 0 aromatic carbocycles. The molecule has 72 valence electrons. The summed E-state index contributed by atoms with van der Waals surface area (Å²) < 4.78 is 0. The van der Waals surface area contributed by atoms with Crippen molar-refractivity contribution >= 4 is 11.6 Å². The van der Waals surface area contributed by atoms with Crippen LogP contribution in [0.3, 0.4) is 0 Å². The van der Waals surface area contributed by atoms with E-state index in [4.69, 9.17) is 11.6 Å². The smallest absolute Gasteiger partial charge is 0.147 e. The molecule has 0 saturated carbocycles. The quantitative estimate of drug-likeness (QED) is 0.792. The highest BCUT2D eigenvalue weighted by Crippen LogP contribution is 2.03. The largest absolute Gasteiger partial charge is 0.306 e. The second-order valence-electron chi connectivity index (χ2n) is 3.93. The Morgan fingerprint density at radius 1 is 1.31 bits per heavy atom. The highest BCUT2D eigenvalue weighted by Gasteiger charge is 2.08. The molecule has 4 heteroatoms. The molecule has 0 atom stereocenters. The first-order valence-electron chi connectivity index (χ1n) is 4.19. The molecule has 0 radical (unpaired) electrons. The summed E-state index contributed by atoms with van der Waals surface area (Å²) in [6.45, 7) is 7.04. The van der Waals surface area contributed by atoms with Crippen molar-refractivity contribution in [1.82, 2.24) is 15.3 Å². The van der Waals surface area contributed by atoms with Gasteiger partial charge in [0.1, 0.15) is 5.15 Å². The lowest BCUT2D eigenvalue weighted by Gasteiger charge is -2.19. The van der Waals surface area contributed by atoms with Crippen molar-refractivity contribution in [1.29, 1.82) is 0 Å². The van der Waals surface area contributed by atoms with Gasteiger partial charge < -0.3 is 5.32 Å². The van der Waals surface area contributed by atoms with Crippen LogP contribution in [0, 0.1) is 0 Å². The Morgan fingerprint density at radius 2 is 2.00 bits per heavy atom. The van der Waals surface area contributed by atoms with Crippen LogP contribution < -0.4 is 5.32 Å².